The van der Waals surface area contributed by atoms with Crippen LogP contribution in [0.25, 0.3) is 0 Å². The Morgan fingerprint density at radius 3 is 2.53 bits per heavy atom. The second-order valence-corrected chi connectivity index (χ2v) is 6.27. The van der Waals surface area contributed by atoms with Crippen molar-refractivity contribution in [3.63, 3.8) is 0 Å². The summed E-state index contributed by atoms with van der Waals surface area (Å²) in [4.78, 5) is 0. The van der Waals surface area contributed by atoms with E-state index in [1.807, 2.05) is 6.92 Å². The maximum atomic E-state index is 11.0. The van der Waals surface area contributed by atoms with Gasteiger partial charge in [-0.25, -0.2) is 8.42 Å². The molecule has 0 spiro atoms. The van der Waals surface area contributed by atoms with Gasteiger partial charge in [0.25, 0.3) is 0 Å². The Labute approximate surface area is 104 Å². The van der Waals surface area contributed by atoms with Crippen molar-refractivity contribution in [3.8, 4) is 0 Å². The number of rotatable bonds is 7. The molecule has 0 radical (unpaired) electrons. The van der Waals surface area contributed by atoms with Crippen molar-refractivity contribution in [1.82, 2.24) is 5.32 Å². The van der Waals surface area contributed by atoms with Gasteiger partial charge in [0.05, 0.1) is 5.75 Å². The molecule has 0 aromatic rings. The molecule has 2 N–H and O–H groups in total. The molecule has 17 heavy (non-hydrogen) atoms. The Morgan fingerprint density at radius 2 is 2.12 bits per heavy atom. The average molecular weight is 262 g/mol. The van der Waals surface area contributed by atoms with Gasteiger partial charge in [-0.3, -0.25) is 5.41 Å². The van der Waals surface area contributed by atoms with E-state index in [9.17, 15) is 8.42 Å². The van der Waals surface area contributed by atoms with Gasteiger partial charge in [-0.05, 0) is 19.8 Å². The molecule has 0 aliphatic heterocycles. The van der Waals surface area contributed by atoms with Gasteiger partial charge in [0.15, 0.2) is 0 Å². The van der Waals surface area contributed by atoms with Crippen LogP contribution in [0.1, 0.15) is 26.7 Å². The zero-order valence-electron chi connectivity index (χ0n) is 10.9. The van der Waals surface area contributed by atoms with E-state index in [2.05, 4.69) is 5.32 Å². The fraction of sp³-hybridized carbons (Fsp3) is 0.727. The molecule has 5 nitrogen and oxygen atoms in total. The third kappa shape index (κ3) is 7.79. The molecule has 1 atom stereocenters. The van der Waals surface area contributed by atoms with Crippen LogP contribution in [-0.2, 0) is 14.6 Å². The molecule has 0 bridgehead atoms. The summed E-state index contributed by atoms with van der Waals surface area (Å²) in [7, 11) is -1.23. The van der Waals surface area contributed by atoms with E-state index in [1.54, 1.807) is 20.2 Å². The van der Waals surface area contributed by atoms with Crippen molar-refractivity contribution in [2.24, 2.45) is 0 Å². The Kier molecular flexibility index (Phi) is 6.87. The monoisotopic (exact) mass is 262 g/mol. The first-order valence-corrected chi connectivity index (χ1v) is 7.63. The molecule has 0 saturated carbocycles. The summed E-state index contributed by atoms with van der Waals surface area (Å²) >= 11 is 0. The Balaban J connectivity index is 4.32. The van der Waals surface area contributed by atoms with Gasteiger partial charge in [0, 0.05) is 25.1 Å². The van der Waals surface area contributed by atoms with Gasteiger partial charge in [0.1, 0.15) is 15.9 Å². The van der Waals surface area contributed by atoms with Crippen molar-refractivity contribution in [1.29, 1.82) is 5.41 Å². The van der Waals surface area contributed by atoms with E-state index in [0.717, 1.165) is 0 Å². The first-order chi connectivity index (χ1) is 7.80. The van der Waals surface area contributed by atoms with Gasteiger partial charge in [-0.1, -0.05) is 6.92 Å². The van der Waals surface area contributed by atoms with Crippen molar-refractivity contribution in [2.45, 2.75) is 32.8 Å². The first-order valence-electron chi connectivity index (χ1n) is 5.57. The smallest absolute Gasteiger partial charge is 0.210 e. The minimum absolute atomic E-state index is 0.0831. The molecule has 0 heterocycles. The number of hydrogen-bond acceptors (Lipinski definition) is 5. The van der Waals surface area contributed by atoms with E-state index in [1.165, 1.54) is 6.26 Å². The summed E-state index contributed by atoms with van der Waals surface area (Å²) in [5.41, 5.74) is 0.685. The van der Waals surface area contributed by atoms with Crippen LogP contribution in [0.4, 0.5) is 0 Å². The van der Waals surface area contributed by atoms with Crippen LogP contribution < -0.4 is 5.32 Å². The van der Waals surface area contributed by atoms with Gasteiger partial charge < -0.3 is 10.1 Å². The number of nitrogens with one attached hydrogen (secondary N) is 2. The molecule has 100 valence electrons. The SMILES string of the molecule is CCC(CCS(C)(=O)=O)OC(=N)/C(C)=C/NC. The van der Waals surface area contributed by atoms with Gasteiger partial charge in [-0.15, -0.1) is 0 Å². The Bertz CT molecular complexity index is 374. The summed E-state index contributed by atoms with van der Waals surface area (Å²) < 4.78 is 27.5. The largest absolute Gasteiger partial charge is 0.474 e. The average Bonchev–Trinajstić information content (AvgIpc) is 2.22. The second-order valence-electron chi connectivity index (χ2n) is 4.01. The van der Waals surface area contributed by atoms with Gasteiger partial charge >= 0.3 is 0 Å². The van der Waals surface area contributed by atoms with Crippen molar-refractivity contribution in [3.05, 3.63) is 11.8 Å². The highest BCUT2D eigenvalue weighted by Gasteiger charge is 2.14. The summed E-state index contributed by atoms with van der Waals surface area (Å²) in [6, 6.07) is 0. The molecular formula is C11H22N2O3S. The van der Waals surface area contributed by atoms with Crippen LogP contribution in [0.2, 0.25) is 0 Å². The topological polar surface area (TPSA) is 79.2 Å². The number of ether oxygens (including phenoxy) is 1. The highest BCUT2D eigenvalue weighted by Crippen LogP contribution is 2.09. The predicted molar refractivity (Wildman–Crippen MR) is 70.0 cm³/mol. The van der Waals surface area contributed by atoms with Crippen molar-refractivity contribution < 1.29 is 13.2 Å². The standard InChI is InChI=1S/C11H22N2O3S/c1-5-10(6-7-17(4,14)15)16-11(12)9(2)8-13-3/h8,10,12-13H,5-7H2,1-4H3/b9-8+,12-11?. The summed E-state index contributed by atoms with van der Waals surface area (Å²) in [5.74, 6) is 0.174. The third-order valence-electron chi connectivity index (χ3n) is 2.27. The van der Waals surface area contributed by atoms with E-state index >= 15 is 0 Å². The maximum Gasteiger partial charge on any atom is 0.210 e. The normalized spacial score (nSPS) is 14.2. The molecule has 0 fully saturated rings. The molecular weight excluding hydrogens is 240 g/mol. The lowest BCUT2D eigenvalue weighted by Gasteiger charge is -2.17. The lowest BCUT2D eigenvalue weighted by atomic mass is 10.2. The molecule has 0 amide bonds. The molecule has 6 heteroatoms. The van der Waals surface area contributed by atoms with Crippen molar-refractivity contribution in [2.75, 3.05) is 19.1 Å². The Morgan fingerprint density at radius 1 is 1.53 bits per heavy atom. The van der Waals surface area contributed by atoms with Crippen LogP contribution in [0.3, 0.4) is 0 Å². The van der Waals surface area contributed by atoms with Crippen LogP contribution in [0.15, 0.2) is 11.8 Å². The fourth-order valence-corrected chi connectivity index (χ4v) is 1.92. The predicted octanol–water partition coefficient (Wildman–Crippen LogP) is 1.32. The third-order valence-corrected chi connectivity index (χ3v) is 3.25. The summed E-state index contributed by atoms with van der Waals surface area (Å²) in [5, 5.41) is 10.5. The molecule has 0 rings (SSSR count). The maximum absolute atomic E-state index is 11.0. The van der Waals surface area contributed by atoms with E-state index in [0.29, 0.717) is 18.4 Å². The zero-order chi connectivity index (χ0) is 13.5. The molecule has 0 saturated heterocycles. The quantitative estimate of drug-likeness (QED) is 0.535. The fourth-order valence-electron chi connectivity index (χ4n) is 1.23. The molecule has 0 aliphatic carbocycles. The highest BCUT2D eigenvalue weighted by atomic mass is 32.2. The minimum Gasteiger partial charge on any atom is -0.474 e. The lowest BCUT2D eigenvalue weighted by Crippen LogP contribution is -2.21. The zero-order valence-corrected chi connectivity index (χ0v) is 11.7. The molecule has 0 aliphatic rings. The van der Waals surface area contributed by atoms with Gasteiger partial charge in [-0.2, -0.15) is 0 Å². The van der Waals surface area contributed by atoms with E-state index in [-0.39, 0.29) is 17.8 Å². The van der Waals surface area contributed by atoms with E-state index < -0.39 is 9.84 Å². The number of sulfone groups is 1. The molecule has 1 unspecified atom stereocenters. The second kappa shape index (κ2) is 7.32. The van der Waals surface area contributed by atoms with Crippen molar-refractivity contribution >= 4 is 15.7 Å². The minimum atomic E-state index is -2.97. The van der Waals surface area contributed by atoms with Gasteiger partial charge in [0.2, 0.25) is 5.90 Å². The van der Waals surface area contributed by atoms with Crippen LogP contribution in [-0.4, -0.2) is 39.5 Å². The summed E-state index contributed by atoms with van der Waals surface area (Å²) in [6.07, 6.45) is 3.76. The van der Waals surface area contributed by atoms with E-state index in [4.69, 9.17) is 10.1 Å². The van der Waals surface area contributed by atoms with Crippen LogP contribution >= 0.6 is 0 Å². The van der Waals surface area contributed by atoms with Crippen LogP contribution in [0.5, 0.6) is 0 Å². The molecule has 0 aromatic heterocycles. The highest BCUT2D eigenvalue weighted by molar-refractivity contribution is 7.90. The first kappa shape index (κ1) is 16.0. The van der Waals surface area contributed by atoms with Crippen LogP contribution in [0, 0.1) is 5.41 Å². The number of hydrogen-bond donors (Lipinski definition) is 2. The lowest BCUT2D eigenvalue weighted by molar-refractivity contribution is 0.178. The summed E-state index contributed by atoms with van der Waals surface area (Å²) in [6.45, 7) is 3.68. The molecule has 0 aromatic carbocycles. The Hall–Kier alpha value is -1.04.